The van der Waals surface area contributed by atoms with Crippen molar-refractivity contribution in [3.63, 3.8) is 0 Å². The number of H-pyrrole nitrogens is 1. The predicted octanol–water partition coefficient (Wildman–Crippen LogP) is 5.54. The van der Waals surface area contributed by atoms with Crippen LogP contribution >= 0.6 is 0 Å². The molecule has 2 N–H and O–H groups in total. The molecular formula is C26H22F2N8O. The molecule has 37 heavy (non-hydrogen) atoms. The zero-order chi connectivity index (χ0) is 25.8. The molecule has 0 radical (unpaired) electrons. The molecule has 4 heterocycles. The molecule has 0 spiro atoms. The van der Waals surface area contributed by atoms with E-state index >= 15 is 0 Å². The number of hydrogen-bond acceptors (Lipinski definition) is 8. The van der Waals surface area contributed by atoms with Crippen LogP contribution in [0.15, 0.2) is 73.1 Å². The molecule has 0 atom stereocenters. The van der Waals surface area contributed by atoms with Gasteiger partial charge in [0.2, 0.25) is 0 Å². The summed E-state index contributed by atoms with van der Waals surface area (Å²) in [5, 5.41) is 15.8. The maximum Gasteiger partial charge on any atom is 0.280 e. The van der Waals surface area contributed by atoms with Gasteiger partial charge in [-0.15, -0.1) is 10.2 Å². The zero-order valence-electron chi connectivity index (χ0n) is 20.0. The quantitative estimate of drug-likeness (QED) is 0.285. The van der Waals surface area contributed by atoms with Crippen LogP contribution in [-0.4, -0.2) is 35.6 Å². The molecular weight excluding hydrogens is 478 g/mol. The molecule has 4 aromatic heterocycles. The lowest BCUT2D eigenvalue weighted by Crippen LogP contribution is -2.18. The molecule has 186 valence electrons. The van der Waals surface area contributed by atoms with E-state index in [9.17, 15) is 8.78 Å². The van der Waals surface area contributed by atoms with E-state index in [2.05, 4.69) is 40.9 Å². The maximum absolute atomic E-state index is 14.8. The molecule has 0 aliphatic carbocycles. The Labute approximate surface area is 211 Å². The third-order valence-electron chi connectivity index (χ3n) is 5.62. The van der Waals surface area contributed by atoms with Crippen LogP contribution < -0.4 is 10.1 Å². The van der Waals surface area contributed by atoms with Gasteiger partial charge in [0.25, 0.3) is 5.92 Å². The number of nitrogens with one attached hydrogen (secondary N) is 2. The van der Waals surface area contributed by atoms with Crippen LogP contribution in [-0.2, 0) is 12.3 Å². The van der Waals surface area contributed by atoms with E-state index in [1.807, 2.05) is 38.1 Å². The van der Waals surface area contributed by atoms with E-state index in [-0.39, 0.29) is 11.4 Å². The van der Waals surface area contributed by atoms with Gasteiger partial charge in [0.15, 0.2) is 11.6 Å². The SMILES string of the molecule is Cc1cc(Oc2ccnc(Nc3cccc(C(F)(F)Cc4nn[nH]n4)c3)c2)c(-c2ccccn2)nc1C. The molecule has 1 aromatic carbocycles. The molecule has 0 fully saturated rings. The van der Waals surface area contributed by atoms with Crippen molar-refractivity contribution >= 4 is 11.5 Å². The third kappa shape index (κ3) is 5.56. The largest absolute Gasteiger partial charge is 0.455 e. The average molecular weight is 501 g/mol. The van der Waals surface area contributed by atoms with Crippen molar-refractivity contribution in [1.29, 1.82) is 0 Å². The summed E-state index contributed by atoms with van der Waals surface area (Å²) in [6.45, 7) is 3.89. The molecule has 11 heteroatoms. The number of ether oxygens (including phenoxy) is 1. The van der Waals surface area contributed by atoms with Crippen molar-refractivity contribution < 1.29 is 13.5 Å². The van der Waals surface area contributed by atoms with Gasteiger partial charge in [-0.05, 0) is 55.8 Å². The van der Waals surface area contributed by atoms with Crippen molar-refractivity contribution in [3.8, 4) is 22.9 Å². The fourth-order valence-electron chi connectivity index (χ4n) is 3.64. The van der Waals surface area contributed by atoms with Gasteiger partial charge in [-0.1, -0.05) is 23.4 Å². The van der Waals surface area contributed by atoms with Crippen LogP contribution in [0.3, 0.4) is 0 Å². The van der Waals surface area contributed by atoms with E-state index in [1.54, 1.807) is 36.7 Å². The second-order valence-electron chi connectivity index (χ2n) is 8.35. The molecule has 0 saturated heterocycles. The van der Waals surface area contributed by atoms with E-state index in [1.165, 1.54) is 12.1 Å². The molecule has 0 aliphatic heterocycles. The fraction of sp³-hybridized carbons (Fsp3) is 0.154. The lowest BCUT2D eigenvalue weighted by atomic mass is 10.0. The number of pyridine rings is 3. The van der Waals surface area contributed by atoms with E-state index in [0.29, 0.717) is 34.4 Å². The standard InChI is InChI=1S/C26H22F2N8O/c1-16-12-22(25(31-17(16)2)21-8-3-4-10-29-21)37-20-9-11-30-23(14-20)32-19-7-5-6-18(13-19)26(27,28)15-24-33-35-36-34-24/h3-14H,15H2,1-2H3,(H,30,32)(H,33,34,35,36). The number of aromatic nitrogens is 7. The number of benzene rings is 1. The van der Waals surface area contributed by atoms with Crippen LogP contribution in [0, 0.1) is 13.8 Å². The summed E-state index contributed by atoms with van der Waals surface area (Å²) < 4.78 is 35.8. The van der Waals surface area contributed by atoms with Gasteiger partial charge in [-0.2, -0.15) is 5.21 Å². The number of tetrazole rings is 1. The monoisotopic (exact) mass is 500 g/mol. The van der Waals surface area contributed by atoms with Gasteiger partial charge in [-0.3, -0.25) is 4.98 Å². The van der Waals surface area contributed by atoms with Crippen molar-refractivity contribution in [2.24, 2.45) is 0 Å². The third-order valence-corrected chi connectivity index (χ3v) is 5.62. The average Bonchev–Trinajstić information content (AvgIpc) is 3.39. The smallest absolute Gasteiger partial charge is 0.280 e. The highest BCUT2D eigenvalue weighted by molar-refractivity contribution is 5.65. The Kier molecular flexibility index (Phi) is 6.50. The Morgan fingerprint density at radius 3 is 2.65 bits per heavy atom. The summed E-state index contributed by atoms with van der Waals surface area (Å²) in [7, 11) is 0. The fourth-order valence-corrected chi connectivity index (χ4v) is 3.64. The van der Waals surface area contributed by atoms with Gasteiger partial charge < -0.3 is 10.1 Å². The minimum absolute atomic E-state index is 0.0687. The van der Waals surface area contributed by atoms with Crippen LogP contribution in [0.2, 0.25) is 0 Å². The van der Waals surface area contributed by atoms with Gasteiger partial charge in [0, 0.05) is 35.4 Å². The van der Waals surface area contributed by atoms with E-state index in [0.717, 1.165) is 11.3 Å². The number of halogens is 2. The molecule has 9 nitrogen and oxygen atoms in total. The van der Waals surface area contributed by atoms with Crippen molar-refractivity contribution in [1.82, 2.24) is 35.6 Å². The normalized spacial score (nSPS) is 11.4. The number of hydrogen-bond donors (Lipinski definition) is 2. The van der Waals surface area contributed by atoms with Crippen LogP contribution in [0.5, 0.6) is 11.5 Å². The molecule has 0 aliphatic rings. The first-order valence-corrected chi connectivity index (χ1v) is 11.4. The zero-order valence-corrected chi connectivity index (χ0v) is 20.0. The summed E-state index contributed by atoms with van der Waals surface area (Å²) >= 11 is 0. The van der Waals surface area contributed by atoms with Gasteiger partial charge in [-0.25, -0.2) is 18.7 Å². The number of anilines is 2. The number of rotatable bonds is 8. The van der Waals surface area contributed by atoms with Crippen LogP contribution in [0.4, 0.5) is 20.3 Å². The molecule has 0 amide bonds. The van der Waals surface area contributed by atoms with Gasteiger partial charge >= 0.3 is 0 Å². The number of alkyl halides is 2. The Hall–Kier alpha value is -4.80. The highest BCUT2D eigenvalue weighted by Gasteiger charge is 2.34. The first-order valence-electron chi connectivity index (χ1n) is 11.4. The van der Waals surface area contributed by atoms with E-state index in [4.69, 9.17) is 4.74 Å². The Morgan fingerprint density at radius 2 is 1.86 bits per heavy atom. The summed E-state index contributed by atoms with van der Waals surface area (Å²) in [6, 6.07) is 16.8. The lowest BCUT2D eigenvalue weighted by Gasteiger charge is -2.16. The minimum atomic E-state index is -3.18. The Balaban J connectivity index is 1.38. The molecule has 0 saturated carbocycles. The van der Waals surface area contributed by atoms with Gasteiger partial charge in [0.05, 0.1) is 12.1 Å². The molecule has 0 unspecified atom stereocenters. The first kappa shape index (κ1) is 23.9. The highest BCUT2D eigenvalue weighted by Crippen LogP contribution is 2.35. The first-order chi connectivity index (χ1) is 17.9. The van der Waals surface area contributed by atoms with Crippen molar-refractivity contribution in [2.45, 2.75) is 26.2 Å². The molecule has 0 bridgehead atoms. The second-order valence-corrected chi connectivity index (χ2v) is 8.35. The topological polar surface area (TPSA) is 114 Å². The maximum atomic E-state index is 14.8. The molecule has 5 aromatic rings. The summed E-state index contributed by atoms with van der Waals surface area (Å²) in [5.74, 6) is -1.79. The van der Waals surface area contributed by atoms with Crippen LogP contribution in [0.1, 0.15) is 22.6 Å². The minimum Gasteiger partial charge on any atom is -0.455 e. The highest BCUT2D eigenvalue weighted by atomic mass is 19.3. The summed E-state index contributed by atoms with van der Waals surface area (Å²) in [5.41, 5.74) is 3.41. The van der Waals surface area contributed by atoms with Crippen molar-refractivity contribution in [2.75, 3.05) is 5.32 Å². The summed E-state index contributed by atoms with van der Waals surface area (Å²) in [4.78, 5) is 13.4. The number of aryl methyl sites for hydroxylation is 2. The second kappa shape index (κ2) is 10.1. The van der Waals surface area contributed by atoms with Crippen molar-refractivity contribution in [3.05, 3.63) is 95.7 Å². The number of aromatic amines is 1. The predicted molar refractivity (Wildman–Crippen MR) is 133 cm³/mol. The Morgan fingerprint density at radius 1 is 0.973 bits per heavy atom. The van der Waals surface area contributed by atoms with E-state index < -0.39 is 12.3 Å². The van der Waals surface area contributed by atoms with Crippen LogP contribution in [0.25, 0.3) is 11.4 Å². The molecule has 5 rings (SSSR count). The Bertz CT molecular complexity index is 1510. The summed E-state index contributed by atoms with van der Waals surface area (Å²) in [6.07, 6.45) is 2.60. The lowest BCUT2D eigenvalue weighted by molar-refractivity contribution is -0.00575. The number of nitrogens with zero attached hydrogens (tertiary/aromatic N) is 6. The van der Waals surface area contributed by atoms with Gasteiger partial charge in [0.1, 0.15) is 17.3 Å².